The molecular weight excluding hydrogens is 345 g/mol. The van der Waals surface area contributed by atoms with E-state index in [4.69, 9.17) is 0 Å². The summed E-state index contributed by atoms with van der Waals surface area (Å²) in [5.74, 6) is -1.16. The molecule has 0 N–H and O–H groups in total. The van der Waals surface area contributed by atoms with Gasteiger partial charge in [-0.15, -0.1) is 10.2 Å². The van der Waals surface area contributed by atoms with Gasteiger partial charge in [0.05, 0.1) is 13.7 Å². The van der Waals surface area contributed by atoms with E-state index in [-0.39, 0.29) is 18.9 Å². The largest absolute Gasteiger partial charge is 0.468 e. The minimum Gasteiger partial charge on any atom is -0.468 e. The number of carbonyl (C=O) groups excluding carboxylic acids is 1. The van der Waals surface area contributed by atoms with Crippen molar-refractivity contribution < 1.29 is 22.7 Å². The minimum absolute atomic E-state index is 0.137. The summed E-state index contributed by atoms with van der Waals surface area (Å²) in [6, 6.07) is 0. The fourth-order valence-corrected chi connectivity index (χ4v) is 2.60. The highest BCUT2D eigenvalue weighted by Crippen LogP contribution is 2.29. The van der Waals surface area contributed by atoms with Crippen molar-refractivity contribution in [2.75, 3.05) is 20.2 Å². The van der Waals surface area contributed by atoms with Crippen molar-refractivity contribution >= 4 is 21.9 Å². The van der Waals surface area contributed by atoms with Crippen LogP contribution >= 0.6 is 15.9 Å². The second kappa shape index (κ2) is 5.68. The van der Waals surface area contributed by atoms with Crippen LogP contribution in [0.25, 0.3) is 0 Å². The first-order valence-electron chi connectivity index (χ1n) is 5.76. The summed E-state index contributed by atoms with van der Waals surface area (Å²) in [7, 11) is 1.28. The zero-order valence-corrected chi connectivity index (χ0v) is 12.1. The van der Waals surface area contributed by atoms with Crippen molar-refractivity contribution in [1.29, 1.82) is 0 Å². The fraction of sp³-hybridized carbons (Fsp3) is 0.700. The van der Waals surface area contributed by atoms with Crippen molar-refractivity contribution in [3.63, 3.8) is 0 Å². The van der Waals surface area contributed by atoms with E-state index >= 15 is 0 Å². The molecule has 2 heterocycles. The Labute approximate surface area is 121 Å². The summed E-state index contributed by atoms with van der Waals surface area (Å²) < 4.78 is 43.6. The predicted molar refractivity (Wildman–Crippen MR) is 65.0 cm³/mol. The van der Waals surface area contributed by atoms with E-state index in [1.165, 1.54) is 7.11 Å². The van der Waals surface area contributed by atoms with E-state index in [1.807, 2.05) is 4.90 Å². The molecule has 2 rings (SSSR count). The molecule has 1 aromatic heterocycles. The van der Waals surface area contributed by atoms with Gasteiger partial charge < -0.3 is 9.30 Å². The van der Waals surface area contributed by atoms with E-state index in [0.29, 0.717) is 13.1 Å². The Morgan fingerprint density at radius 2 is 2.15 bits per heavy atom. The van der Waals surface area contributed by atoms with Gasteiger partial charge in [-0.1, -0.05) is 15.9 Å². The highest BCUT2D eigenvalue weighted by atomic mass is 79.9. The van der Waals surface area contributed by atoms with Crippen LogP contribution in [0.15, 0.2) is 0 Å². The van der Waals surface area contributed by atoms with Crippen LogP contribution in [0.5, 0.6) is 0 Å². The highest BCUT2D eigenvalue weighted by molar-refractivity contribution is 9.10. The van der Waals surface area contributed by atoms with Gasteiger partial charge in [-0.25, -0.2) is 0 Å². The highest BCUT2D eigenvalue weighted by Gasteiger charge is 2.39. The summed E-state index contributed by atoms with van der Waals surface area (Å²) >= 11 is 3.18. The Balaban J connectivity index is 2.06. The number of ether oxygens (including phenoxy) is 1. The molecule has 0 saturated heterocycles. The molecule has 6 nitrogen and oxygen atoms in total. The third-order valence-corrected chi connectivity index (χ3v) is 3.62. The van der Waals surface area contributed by atoms with Gasteiger partial charge in [-0.05, 0) is 0 Å². The predicted octanol–water partition coefficient (Wildman–Crippen LogP) is 1.05. The number of esters is 1. The van der Waals surface area contributed by atoms with Gasteiger partial charge >= 0.3 is 12.1 Å². The lowest BCUT2D eigenvalue weighted by Crippen LogP contribution is -2.40. The van der Waals surface area contributed by atoms with Crippen LogP contribution in [0.1, 0.15) is 11.6 Å². The average Bonchev–Trinajstić information content (AvgIpc) is 2.80. The van der Waals surface area contributed by atoms with E-state index < -0.39 is 22.8 Å². The summed E-state index contributed by atoms with van der Waals surface area (Å²) in [6.45, 7) is 1.06. The molecule has 1 atom stereocenters. The van der Waals surface area contributed by atoms with Crippen LogP contribution in [0.3, 0.4) is 0 Å². The van der Waals surface area contributed by atoms with Crippen LogP contribution in [0.4, 0.5) is 13.2 Å². The van der Waals surface area contributed by atoms with Crippen LogP contribution in [-0.2, 0) is 28.8 Å². The second-order valence-electron chi connectivity index (χ2n) is 4.32. The molecule has 1 aliphatic rings. The Kier molecular flexibility index (Phi) is 4.33. The molecule has 20 heavy (non-hydrogen) atoms. The molecule has 1 unspecified atom stereocenters. The number of methoxy groups -OCH3 is 1. The molecule has 0 radical (unpaired) electrons. The van der Waals surface area contributed by atoms with E-state index in [0.717, 1.165) is 4.57 Å². The zero-order chi connectivity index (χ0) is 14.9. The smallest absolute Gasteiger partial charge is 0.451 e. The van der Waals surface area contributed by atoms with Gasteiger partial charge in [-0.2, -0.15) is 13.2 Å². The SMILES string of the molecule is COC(=O)C(Br)CN1CCn2c(nnc2C(F)(F)F)C1. The quantitative estimate of drug-likeness (QED) is 0.598. The number of aromatic nitrogens is 3. The third kappa shape index (κ3) is 3.11. The number of halogens is 4. The maximum absolute atomic E-state index is 12.7. The Hall–Kier alpha value is -1.16. The molecule has 0 aromatic carbocycles. The third-order valence-electron chi connectivity index (χ3n) is 2.96. The molecule has 112 valence electrons. The maximum atomic E-state index is 12.7. The van der Waals surface area contributed by atoms with E-state index in [9.17, 15) is 18.0 Å². The van der Waals surface area contributed by atoms with Crippen LogP contribution in [-0.4, -0.2) is 50.7 Å². The summed E-state index contributed by atoms with van der Waals surface area (Å²) in [5, 5.41) is 6.76. The normalized spacial score (nSPS) is 17.6. The Morgan fingerprint density at radius 3 is 2.75 bits per heavy atom. The molecule has 0 amide bonds. The standard InChI is InChI=1S/C10H12BrF3N4O2/c1-20-8(19)6(11)4-17-2-3-18-7(5-17)15-16-9(18)10(12,13)14/h6H,2-5H2,1H3. The monoisotopic (exact) mass is 356 g/mol. The number of hydrogen-bond acceptors (Lipinski definition) is 5. The molecular formula is C10H12BrF3N4O2. The van der Waals surface area contributed by atoms with E-state index in [2.05, 4.69) is 30.9 Å². The molecule has 0 spiro atoms. The second-order valence-corrected chi connectivity index (χ2v) is 5.42. The van der Waals surface area contributed by atoms with Gasteiger partial charge in [-0.3, -0.25) is 9.69 Å². The first kappa shape index (κ1) is 15.2. The van der Waals surface area contributed by atoms with Crippen LogP contribution < -0.4 is 0 Å². The summed E-state index contributed by atoms with van der Waals surface area (Å²) in [5.41, 5.74) is 0. The van der Waals surface area contributed by atoms with E-state index in [1.54, 1.807) is 0 Å². The van der Waals surface area contributed by atoms with Gasteiger partial charge in [0, 0.05) is 19.6 Å². The van der Waals surface area contributed by atoms with Gasteiger partial charge in [0.2, 0.25) is 5.82 Å². The number of fused-ring (bicyclic) bond motifs is 1. The molecule has 0 fully saturated rings. The molecule has 1 aromatic rings. The Bertz CT molecular complexity index is 505. The summed E-state index contributed by atoms with van der Waals surface area (Å²) in [6.07, 6.45) is -4.50. The minimum atomic E-state index is -4.50. The van der Waals surface area contributed by atoms with Crippen molar-refractivity contribution in [1.82, 2.24) is 19.7 Å². The lowest BCUT2D eigenvalue weighted by molar-refractivity contribution is -0.148. The number of hydrogen-bond donors (Lipinski definition) is 0. The lowest BCUT2D eigenvalue weighted by Gasteiger charge is -2.28. The molecule has 0 bridgehead atoms. The van der Waals surface area contributed by atoms with Gasteiger partial charge in [0.25, 0.3) is 0 Å². The molecule has 0 aliphatic carbocycles. The number of alkyl halides is 4. The van der Waals surface area contributed by atoms with Crippen molar-refractivity contribution in [2.24, 2.45) is 0 Å². The van der Waals surface area contributed by atoms with Gasteiger partial charge in [0.1, 0.15) is 10.7 Å². The lowest BCUT2D eigenvalue weighted by atomic mass is 10.3. The van der Waals surface area contributed by atoms with Crippen LogP contribution in [0, 0.1) is 0 Å². The van der Waals surface area contributed by atoms with Gasteiger partial charge in [0.15, 0.2) is 0 Å². The number of carbonyl (C=O) groups is 1. The van der Waals surface area contributed by atoms with Crippen molar-refractivity contribution in [3.05, 3.63) is 11.6 Å². The van der Waals surface area contributed by atoms with Crippen molar-refractivity contribution in [3.8, 4) is 0 Å². The first-order chi connectivity index (χ1) is 9.32. The number of rotatable bonds is 3. The van der Waals surface area contributed by atoms with Crippen LogP contribution in [0.2, 0.25) is 0 Å². The number of nitrogens with zero attached hydrogens (tertiary/aromatic N) is 4. The molecule has 1 aliphatic heterocycles. The Morgan fingerprint density at radius 1 is 1.45 bits per heavy atom. The molecule has 0 saturated carbocycles. The summed E-state index contributed by atoms with van der Waals surface area (Å²) in [4.78, 5) is 12.6. The van der Waals surface area contributed by atoms with Crippen molar-refractivity contribution in [2.45, 2.75) is 24.1 Å². The molecule has 10 heteroatoms. The zero-order valence-electron chi connectivity index (χ0n) is 10.5. The topological polar surface area (TPSA) is 60.2 Å². The maximum Gasteiger partial charge on any atom is 0.451 e. The average molecular weight is 357 g/mol. The fourth-order valence-electron chi connectivity index (χ4n) is 2.00. The first-order valence-corrected chi connectivity index (χ1v) is 6.68.